The molecule has 162 valence electrons. The van der Waals surface area contributed by atoms with E-state index in [4.69, 9.17) is 30.7 Å². The highest BCUT2D eigenvalue weighted by Gasteiger charge is 2.53. The number of aromatic hydroxyl groups is 1. The quantitative estimate of drug-likeness (QED) is 0.350. The second kappa shape index (κ2) is 7.48. The first kappa shape index (κ1) is 20.8. The predicted octanol–water partition coefficient (Wildman–Crippen LogP) is 5.49. The van der Waals surface area contributed by atoms with Crippen LogP contribution in [0.4, 0.5) is 0 Å². The van der Waals surface area contributed by atoms with E-state index in [-0.39, 0.29) is 17.9 Å². The van der Waals surface area contributed by atoms with Crippen LogP contribution in [0.3, 0.4) is 0 Å². The number of benzene rings is 4. The normalized spacial score (nSPS) is 17.1. The first-order valence-corrected chi connectivity index (χ1v) is 10.4. The summed E-state index contributed by atoms with van der Waals surface area (Å²) in [5, 5.41) is 12.5. The number of rotatable bonds is 0. The van der Waals surface area contributed by atoms with Crippen LogP contribution in [0.25, 0.3) is 10.8 Å². The van der Waals surface area contributed by atoms with Crippen molar-refractivity contribution < 1.29 is 29.0 Å². The lowest BCUT2D eigenvalue weighted by Crippen LogP contribution is -2.33. The average molecular weight is 459 g/mol. The average Bonchev–Trinajstić information content (AvgIpc) is 3.08. The Kier molecular flexibility index (Phi) is 4.71. The largest absolute Gasteiger partial charge is 0.508 e. The van der Waals surface area contributed by atoms with Crippen molar-refractivity contribution in [2.75, 3.05) is 0 Å². The van der Waals surface area contributed by atoms with Gasteiger partial charge in [-0.3, -0.25) is 0 Å². The molecule has 0 aromatic heterocycles. The van der Waals surface area contributed by atoms with Crippen molar-refractivity contribution in [2.24, 2.45) is 0 Å². The van der Waals surface area contributed by atoms with Gasteiger partial charge in [-0.25, -0.2) is 4.79 Å². The molecule has 0 fully saturated rings. The monoisotopic (exact) mass is 458 g/mol. The van der Waals surface area contributed by atoms with Crippen LogP contribution in [0.2, 0.25) is 5.02 Å². The molecule has 0 aliphatic carbocycles. The fourth-order valence-electron chi connectivity index (χ4n) is 4.58. The van der Waals surface area contributed by atoms with E-state index in [0.29, 0.717) is 27.6 Å². The summed E-state index contributed by atoms with van der Waals surface area (Å²) >= 11 is 6.43. The van der Waals surface area contributed by atoms with E-state index in [1.54, 1.807) is 24.3 Å². The van der Waals surface area contributed by atoms with Gasteiger partial charge in [-0.1, -0.05) is 35.9 Å². The topological polar surface area (TPSA) is 89.9 Å². The van der Waals surface area contributed by atoms with Crippen LogP contribution in [0, 0.1) is 6.92 Å². The van der Waals surface area contributed by atoms with Crippen molar-refractivity contribution in [3.8, 4) is 17.2 Å². The lowest BCUT2D eigenvalue weighted by molar-refractivity contribution is -0.191. The van der Waals surface area contributed by atoms with Crippen molar-refractivity contribution in [1.29, 1.82) is 0 Å². The van der Waals surface area contributed by atoms with E-state index < -0.39 is 5.60 Å². The maximum Gasteiger partial charge on any atom is 0.373 e. The fraction of sp³-hybridized carbons (Fsp3) is 0.0769. The van der Waals surface area contributed by atoms with Gasteiger partial charge in [0.25, 0.3) is 0 Å². The van der Waals surface area contributed by atoms with Crippen LogP contribution in [0.1, 0.15) is 32.6 Å². The number of carbonyl (C=O) groups excluding carboxylic acids is 3. The third-order valence-corrected chi connectivity index (χ3v) is 6.36. The molecule has 4 aromatic rings. The minimum atomic E-state index is -1.16. The SMILES string of the molecule is Cc1cc2ccc3c(c2cc1Cl)Oc1cc(O)ccc1C31OC(=O)c2ccccc21.O=C=O. The molecule has 2 aliphatic heterocycles. The van der Waals surface area contributed by atoms with Crippen LogP contribution in [0.15, 0.2) is 66.7 Å². The van der Waals surface area contributed by atoms with Crippen LogP contribution < -0.4 is 4.74 Å². The molecule has 33 heavy (non-hydrogen) atoms. The van der Waals surface area contributed by atoms with Gasteiger partial charge < -0.3 is 14.6 Å². The fourth-order valence-corrected chi connectivity index (χ4v) is 4.74. The van der Waals surface area contributed by atoms with E-state index in [1.807, 2.05) is 49.4 Å². The van der Waals surface area contributed by atoms with Gasteiger partial charge in [0, 0.05) is 33.2 Å². The van der Waals surface area contributed by atoms with Crippen LogP contribution in [-0.4, -0.2) is 17.2 Å². The molecule has 0 saturated heterocycles. The Morgan fingerprint density at radius 2 is 1.67 bits per heavy atom. The van der Waals surface area contributed by atoms with Gasteiger partial charge in [0.2, 0.25) is 0 Å². The Labute approximate surface area is 192 Å². The number of esters is 1. The van der Waals surface area contributed by atoms with Gasteiger partial charge >= 0.3 is 12.1 Å². The molecule has 2 aliphatic rings. The lowest BCUT2D eigenvalue weighted by atomic mass is 9.77. The maximum atomic E-state index is 12.9. The van der Waals surface area contributed by atoms with Crippen molar-refractivity contribution in [1.82, 2.24) is 0 Å². The van der Waals surface area contributed by atoms with Crippen molar-refractivity contribution >= 4 is 34.5 Å². The standard InChI is InChI=1S/C25H15ClO4.CO2/c1-13-10-14-6-8-20-23(17(14)12-21(13)26)29-22-11-15(27)7-9-19(22)25(20)18-5-3-2-4-16(18)24(28)30-25;2-1-3/h2-12,27H,1H3;. The van der Waals surface area contributed by atoms with Gasteiger partial charge in [-0.05, 0) is 54.3 Å². The second-order valence-electron chi connectivity index (χ2n) is 7.75. The second-order valence-corrected chi connectivity index (χ2v) is 8.15. The van der Waals surface area contributed by atoms with E-state index in [0.717, 1.165) is 27.5 Å². The van der Waals surface area contributed by atoms with E-state index in [9.17, 15) is 9.90 Å². The number of carbonyl (C=O) groups is 1. The molecule has 6 nitrogen and oxygen atoms in total. The number of hydrogen-bond donors (Lipinski definition) is 1. The van der Waals surface area contributed by atoms with Crippen LogP contribution >= 0.6 is 11.6 Å². The van der Waals surface area contributed by atoms with Gasteiger partial charge in [0.1, 0.15) is 17.2 Å². The Morgan fingerprint density at radius 3 is 2.45 bits per heavy atom. The molecule has 4 aromatic carbocycles. The summed E-state index contributed by atoms with van der Waals surface area (Å²) in [4.78, 5) is 29.1. The number of ether oxygens (including phenoxy) is 2. The summed E-state index contributed by atoms with van der Waals surface area (Å²) in [7, 11) is 0. The highest BCUT2D eigenvalue weighted by molar-refractivity contribution is 6.32. The molecule has 7 heteroatoms. The van der Waals surface area contributed by atoms with Gasteiger partial charge in [-0.15, -0.1) is 0 Å². The Hall–Kier alpha value is -4.12. The van der Waals surface area contributed by atoms with Gasteiger partial charge in [-0.2, -0.15) is 9.59 Å². The number of phenols is 1. The molecule has 0 bridgehead atoms. The Morgan fingerprint density at radius 1 is 0.939 bits per heavy atom. The molecule has 1 spiro atoms. The molecule has 0 radical (unpaired) electrons. The minimum absolute atomic E-state index is 0.0686. The first-order valence-electron chi connectivity index (χ1n) is 9.97. The molecule has 1 atom stereocenters. The summed E-state index contributed by atoms with van der Waals surface area (Å²) in [6.07, 6.45) is 0.250. The smallest absolute Gasteiger partial charge is 0.373 e. The molecular formula is C26H15ClO6. The van der Waals surface area contributed by atoms with E-state index >= 15 is 0 Å². The molecule has 0 amide bonds. The number of fused-ring (bicyclic) bond motifs is 8. The summed E-state index contributed by atoms with van der Waals surface area (Å²) in [5.41, 5.74) is 2.48. The third kappa shape index (κ3) is 2.93. The summed E-state index contributed by atoms with van der Waals surface area (Å²) in [5.74, 6) is 0.687. The highest BCUT2D eigenvalue weighted by Crippen LogP contribution is 2.58. The number of halogens is 1. The van der Waals surface area contributed by atoms with E-state index in [1.165, 1.54) is 0 Å². The molecule has 0 saturated carbocycles. The van der Waals surface area contributed by atoms with Gasteiger partial charge in [0.05, 0.1) is 5.56 Å². The number of hydrogen-bond acceptors (Lipinski definition) is 6. The molecule has 1 unspecified atom stereocenters. The summed E-state index contributed by atoms with van der Waals surface area (Å²) in [6.45, 7) is 1.95. The van der Waals surface area contributed by atoms with Crippen LogP contribution in [0.5, 0.6) is 17.2 Å². The zero-order valence-electron chi connectivity index (χ0n) is 17.2. The molecule has 1 N–H and O–H groups in total. The first-order chi connectivity index (χ1) is 15.9. The minimum Gasteiger partial charge on any atom is -0.508 e. The van der Waals surface area contributed by atoms with Gasteiger partial charge in [0.15, 0.2) is 5.60 Å². The van der Waals surface area contributed by atoms with Crippen LogP contribution in [-0.2, 0) is 19.9 Å². The molecule has 6 rings (SSSR count). The maximum absolute atomic E-state index is 12.9. The zero-order chi connectivity index (χ0) is 23.3. The van der Waals surface area contributed by atoms with E-state index in [2.05, 4.69) is 0 Å². The lowest BCUT2D eigenvalue weighted by Gasteiger charge is -2.37. The number of phenolic OH excluding ortho intramolecular Hbond substituents is 1. The number of aryl methyl sites for hydroxylation is 1. The summed E-state index contributed by atoms with van der Waals surface area (Å²) in [6, 6.07) is 20.0. The highest BCUT2D eigenvalue weighted by atomic mass is 35.5. The summed E-state index contributed by atoms with van der Waals surface area (Å²) < 4.78 is 12.4. The Balaban J connectivity index is 0.000000724. The zero-order valence-corrected chi connectivity index (χ0v) is 18.0. The van der Waals surface area contributed by atoms with Crippen molar-refractivity contribution in [2.45, 2.75) is 12.5 Å². The Bertz CT molecular complexity index is 1500. The van der Waals surface area contributed by atoms with Crippen molar-refractivity contribution in [3.05, 3.63) is 99.6 Å². The molecular weight excluding hydrogens is 444 g/mol. The van der Waals surface area contributed by atoms with Crippen molar-refractivity contribution in [3.63, 3.8) is 0 Å². The third-order valence-electron chi connectivity index (χ3n) is 5.96. The molecule has 2 heterocycles. The predicted molar refractivity (Wildman–Crippen MR) is 119 cm³/mol.